The number of aromatic nitrogens is 2. The second-order valence-corrected chi connectivity index (χ2v) is 4.88. The molecular weight excluding hydrogens is 323 g/mol. The minimum absolute atomic E-state index is 0.194. The topological polar surface area (TPSA) is 68.0 Å². The Morgan fingerprint density at radius 1 is 1.00 bits per heavy atom. The van der Waals surface area contributed by atoms with Crippen molar-refractivity contribution in [3.05, 3.63) is 65.3 Å². The summed E-state index contributed by atoms with van der Waals surface area (Å²) in [4.78, 5) is 12.1. The van der Waals surface area contributed by atoms with E-state index in [-0.39, 0.29) is 5.56 Å². The van der Waals surface area contributed by atoms with E-state index in [9.17, 15) is 18.0 Å². The molecule has 0 saturated heterocycles. The number of carbonyl (C=O) groups is 1. The quantitative estimate of drug-likeness (QED) is 0.742. The van der Waals surface area contributed by atoms with E-state index in [1.54, 1.807) is 19.1 Å². The summed E-state index contributed by atoms with van der Waals surface area (Å²) in [5.74, 6) is -4.40. The standard InChI is InChI=1S/C16H10F3N3O2/c1-8-21-22-16(24-8)10-4-2-9(3-5-10)15(23)20-12-7-6-11(17)13(18)14(12)19/h2-7H,1H3,(H,20,23). The van der Waals surface area contributed by atoms with Crippen molar-refractivity contribution >= 4 is 11.6 Å². The zero-order valence-corrected chi connectivity index (χ0v) is 12.3. The van der Waals surface area contributed by atoms with Gasteiger partial charge in [-0.15, -0.1) is 10.2 Å². The molecule has 0 aliphatic carbocycles. The summed E-state index contributed by atoms with van der Waals surface area (Å²) in [6.07, 6.45) is 0. The summed E-state index contributed by atoms with van der Waals surface area (Å²) in [5.41, 5.74) is 0.348. The van der Waals surface area contributed by atoms with E-state index >= 15 is 0 Å². The van der Waals surface area contributed by atoms with Gasteiger partial charge in [0.15, 0.2) is 17.5 Å². The molecule has 0 aliphatic heterocycles. The first-order chi connectivity index (χ1) is 11.5. The second-order valence-electron chi connectivity index (χ2n) is 4.88. The Bertz CT molecular complexity index is 907. The molecule has 3 rings (SSSR count). The number of carbonyl (C=O) groups excluding carboxylic acids is 1. The van der Waals surface area contributed by atoms with Crippen LogP contribution in [0.3, 0.4) is 0 Å². The number of rotatable bonds is 3. The Labute approximate surface area is 134 Å². The molecule has 1 heterocycles. The van der Waals surface area contributed by atoms with Crippen LogP contribution in [0.25, 0.3) is 11.5 Å². The van der Waals surface area contributed by atoms with Crippen molar-refractivity contribution in [2.75, 3.05) is 5.32 Å². The molecule has 0 unspecified atom stereocenters. The fourth-order valence-electron chi connectivity index (χ4n) is 1.99. The van der Waals surface area contributed by atoms with Gasteiger partial charge in [-0.05, 0) is 36.4 Å². The molecule has 8 heteroatoms. The third kappa shape index (κ3) is 2.98. The number of aryl methyl sites for hydroxylation is 1. The largest absolute Gasteiger partial charge is 0.421 e. The Hall–Kier alpha value is -3.16. The van der Waals surface area contributed by atoms with Crippen molar-refractivity contribution in [1.29, 1.82) is 0 Å². The lowest BCUT2D eigenvalue weighted by atomic mass is 10.1. The summed E-state index contributed by atoms with van der Waals surface area (Å²) < 4.78 is 44.9. The van der Waals surface area contributed by atoms with Crippen molar-refractivity contribution in [3.8, 4) is 11.5 Å². The molecule has 122 valence electrons. The maximum atomic E-state index is 13.6. The molecule has 0 aliphatic rings. The van der Waals surface area contributed by atoms with Gasteiger partial charge < -0.3 is 9.73 Å². The monoisotopic (exact) mass is 333 g/mol. The maximum Gasteiger partial charge on any atom is 0.255 e. The van der Waals surface area contributed by atoms with Gasteiger partial charge in [-0.1, -0.05) is 0 Å². The number of benzene rings is 2. The number of halogens is 3. The van der Waals surface area contributed by atoms with Crippen molar-refractivity contribution < 1.29 is 22.4 Å². The maximum absolute atomic E-state index is 13.6. The summed E-state index contributed by atoms with van der Waals surface area (Å²) in [5, 5.41) is 9.73. The molecular formula is C16H10F3N3O2. The molecule has 0 bridgehead atoms. The van der Waals surface area contributed by atoms with Gasteiger partial charge in [0, 0.05) is 18.1 Å². The Kier molecular flexibility index (Phi) is 4.03. The molecule has 1 amide bonds. The van der Waals surface area contributed by atoms with Crippen LogP contribution >= 0.6 is 0 Å². The van der Waals surface area contributed by atoms with Crippen LogP contribution in [-0.2, 0) is 0 Å². The summed E-state index contributed by atoms with van der Waals surface area (Å²) in [6, 6.07) is 7.74. The van der Waals surface area contributed by atoms with Crippen LogP contribution in [0.1, 0.15) is 16.2 Å². The van der Waals surface area contributed by atoms with Crippen LogP contribution in [0.15, 0.2) is 40.8 Å². The van der Waals surface area contributed by atoms with Crippen LogP contribution < -0.4 is 5.32 Å². The van der Waals surface area contributed by atoms with Gasteiger partial charge in [0.1, 0.15) is 0 Å². The van der Waals surface area contributed by atoms with Crippen molar-refractivity contribution in [1.82, 2.24) is 10.2 Å². The van der Waals surface area contributed by atoms with Crippen molar-refractivity contribution in [2.24, 2.45) is 0 Å². The van der Waals surface area contributed by atoms with Gasteiger partial charge in [-0.3, -0.25) is 4.79 Å². The zero-order valence-electron chi connectivity index (χ0n) is 12.3. The highest BCUT2D eigenvalue weighted by molar-refractivity contribution is 6.04. The van der Waals surface area contributed by atoms with Crippen LogP contribution in [0, 0.1) is 24.4 Å². The van der Waals surface area contributed by atoms with Gasteiger partial charge in [0.2, 0.25) is 11.8 Å². The number of nitrogens with zero attached hydrogens (tertiary/aromatic N) is 2. The lowest BCUT2D eigenvalue weighted by Gasteiger charge is -2.07. The molecule has 0 spiro atoms. The molecule has 0 atom stereocenters. The molecule has 0 fully saturated rings. The Balaban J connectivity index is 1.80. The number of anilines is 1. The SMILES string of the molecule is Cc1nnc(-c2ccc(C(=O)Nc3ccc(F)c(F)c3F)cc2)o1. The van der Waals surface area contributed by atoms with Gasteiger partial charge in [0.05, 0.1) is 5.69 Å². The number of amides is 1. The Morgan fingerprint density at radius 2 is 1.71 bits per heavy atom. The first-order valence-electron chi connectivity index (χ1n) is 6.81. The predicted molar refractivity (Wildman–Crippen MR) is 78.7 cm³/mol. The zero-order chi connectivity index (χ0) is 17.3. The highest BCUT2D eigenvalue weighted by Crippen LogP contribution is 2.21. The minimum atomic E-state index is -1.64. The van der Waals surface area contributed by atoms with Crippen LogP contribution in [0.2, 0.25) is 0 Å². The fourth-order valence-corrected chi connectivity index (χ4v) is 1.99. The van der Waals surface area contributed by atoms with Crippen LogP contribution in [0.5, 0.6) is 0 Å². The molecule has 3 aromatic rings. The average Bonchev–Trinajstić information content (AvgIpc) is 3.02. The number of nitrogens with one attached hydrogen (secondary N) is 1. The van der Waals surface area contributed by atoms with E-state index in [4.69, 9.17) is 4.42 Å². The highest BCUT2D eigenvalue weighted by Gasteiger charge is 2.16. The number of hydrogen-bond acceptors (Lipinski definition) is 4. The smallest absolute Gasteiger partial charge is 0.255 e. The van der Waals surface area contributed by atoms with Crippen LogP contribution in [0.4, 0.5) is 18.9 Å². The third-order valence-electron chi connectivity index (χ3n) is 3.20. The molecule has 0 saturated carbocycles. The number of hydrogen-bond donors (Lipinski definition) is 1. The molecule has 1 aromatic heterocycles. The normalized spacial score (nSPS) is 10.7. The van der Waals surface area contributed by atoms with Gasteiger partial charge in [0.25, 0.3) is 5.91 Å². The van der Waals surface area contributed by atoms with E-state index < -0.39 is 29.0 Å². The average molecular weight is 333 g/mol. The van der Waals surface area contributed by atoms with E-state index in [2.05, 4.69) is 15.5 Å². The lowest BCUT2D eigenvalue weighted by molar-refractivity contribution is 0.102. The predicted octanol–water partition coefficient (Wildman–Crippen LogP) is 3.71. The lowest BCUT2D eigenvalue weighted by Crippen LogP contribution is -2.13. The summed E-state index contributed by atoms with van der Waals surface area (Å²) in [6.45, 7) is 1.65. The molecule has 1 N–H and O–H groups in total. The summed E-state index contributed by atoms with van der Waals surface area (Å²) >= 11 is 0. The molecule has 2 aromatic carbocycles. The van der Waals surface area contributed by atoms with E-state index in [0.717, 1.165) is 12.1 Å². The van der Waals surface area contributed by atoms with Crippen molar-refractivity contribution in [2.45, 2.75) is 6.92 Å². The third-order valence-corrected chi connectivity index (χ3v) is 3.20. The first-order valence-corrected chi connectivity index (χ1v) is 6.81. The minimum Gasteiger partial charge on any atom is -0.421 e. The Morgan fingerprint density at radius 3 is 2.33 bits per heavy atom. The molecule has 5 nitrogen and oxygen atoms in total. The van der Waals surface area contributed by atoms with Gasteiger partial charge in [-0.2, -0.15) is 0 Å². The van der Waals surface area contributed by atoms with Gasteiger partial charge in [-0.25, -0.2) is 13.2 Å². The van der Waals surface area contributed by atoms with E-state index in [1.807, 2.05) is 0 Å². The molecule has 0 radical (unpaired) electrons. The molecule has 24 heavy (non-hydrogen) atoms. The fraction of sp³-hybridized carbons (Fsp3) is 0.0625. The highest BCUT2D eigenvalue weighted by atomic mass is 19.2. The van der Waals surface area contributed by atoms with Gasteiger partial charge >= 0.3 is 0 Å². The van der Waals surface area contributed by atoms with E-state index in [1.165, 1.54) is 12.1 Å². The summed E-state index contributed by atoms with van der Waals surface area (Å²) in [7, 11) is 0. The second kappa shape index (κ2) is 6.15. The van der Waals surface area contributed by atoms with Crippen molar-refractivity contribution in [3.63, 3.8) is 0 Å². The van der Waals surface area contributed by atoms with E-state index in [0.29, 0.717) is 17.3 Å². The first kappa shape index (κ1) is 15.7. The van der Waals surface area contributed by atoms with Crippen LogP contribution in [-0.4, -0.2) is 16.1 Å².